The molecule has 1 N–H and O–H groups in total. The predicted molar refractivity (Wildman–Crippen MR) is 52.3 cm³/mol. The number of carbonyl (C=O) groups excluding carboxylic acids is 1. The highest BCUT2D eigenvalue weighted by Crippen LogP contribution is 2.24. The highest BCUT2D eigenvalue weighted by molar-refractivity contribution is 5.59. The quantitative estimate of drug-likeness (QED) is 0.477. The summed E-state index contributed by atoms with van der Waals surface area (Å²) in [5, 5.41) is 3.19. The molecule has 1 aliphatic heterocycles. The zero-order valence-electron chi connectivity index (χ0n) is 7.39. The Labute approximate surface area is 78.0 Å². The van der Waals surface area contributed by atoms with E-state index in [1.54, 1.807) is 0 Å². The van der Waals surface area contributed by atoms with Gasteiger partial charge in [0.05, 0.1) is 6.04 Å². The van der Waals surface area contributed by atoms with Gasteiger partial charge in [0.2, 0.25) is 0 Å². The lowest BCUT2D eigenvalue weighted by Crippen LogP contribution is -2.38. The number of allylic oxidation sites excluding steroid dienone is 4. The van der Waals surface area contributed by atoms with E-state index in [9.17, 15) is 4.79 Å². The van der Waals surface area contributed by atoms with Crippen LogP contribution in [0.15, 0.2) is 36.5 Å². The summed E-state index contributed by atoms with van der Waals surface area (Å²) in [5.74, 6) is 0.677. The van der Waals surface area contributed by atoms with Crippen molar-refractivity contribution in [1.82, 2.24) is 5.32 Å². The Hall–Kier alpha value is -1.15. The molecule has 0 aromatic rings. The predicted octanol–water partition coefficient (Wildman–Crippen LogP) is 1.07. The van der Waals surface area contributed by atoms with Crippen LogP contribution >= 0.6 is 0 Å². The first-order valence-electron chi connectivity index (χ1n) is 4.62. The zero-order chi connectivity index (χ0) is 9.10. The van der Waals surface area contributed by atoms with Gasteiger partial charge < -0.3 is 10.1 Å². The van der Waals surface area contributed by atoms with Crippen molar-refractivity contribution in [3.8, 4) is 0 Å². The number of nitrogens with one attached hydrogen (secondary N) is 1. The maximum Gasteiger partial charge on any atom is 0.137 e. The third-order valence-electron chi connectivity index (χ3n) is 2.61. The molecule has 1 aliphatic carbocycles. The Kier molecular flexibility index (Phi) is 2.41. The van der Waals surface area contributed by atoms with E-state index in [0.717, 1.165) is 12.8 Å². The van der Waals surface area contributed by atoms with Crippen molar-refractivity contribution in [2.75, 3.05) is 6.54 Å². The van der Waals surface area contributed by atoms with E-state index < -0.39 is 0 Å². The van der Waals surface area contributed by atoms with E-state index in [4.69, 9.17) is 0 Å². The Morgan fingerprint density at radius 2 is 2.08 bits per heavy atom. The van der Waals surface area contributed by atoms with Crippen LogP contribution < -0.4 is 5.32 Å². The lowest BCUT2D eigenvalue weighted by Gasteiger charge is -2.24. The largest absolute Gasteiger partial charge is 0.304 e. The third-order valence-corrected chi connectivity index (χ3v) is 2.61. The number of aldehydes is 1. The molecule has 68 valence electrons. The molecule has 0 radical (unpaired) electrons. The van der Waals surface area contributed by atoms with Gasteiger partial charge in [-0.05, 0) is 0 Å². The van der Waals surface area contributed by atoms with E-state index in [1.165, 1.54) is 0 Å². The number of fused-ring (bicyclic) bond motifs is 1. The molecule has 3 unspecified atom stereocenters. The molecule has 2 rings (SSSR count). The number of hydrogen-bond donors (Lipinski definition) is 1. The summed E-state index contributed by atoms with van der Waals surface area (Å²) in [4.78, 5) is 10.8. The first kappa shape index (κ1) is 8.45. The van der Waals surface area contributed by atoms with Crippen molar-refractivity contribution in [3.05, 3.63) is 36.5 Å². The van der Waals surface area contributed by atoms with Crippen molar-refractivity contribution in [2.24, 2.45) is 11.8 Å². The highest BCUT2D eigenvalue weighted by Gasteiger charge is 2.26. The average Bonchev–Trinajstić information content (AvgIpc) is 2.39. The molecule has 0 aromatic carbocycles. The summed E-state index contributed by atoms with van der Waals surface area (Å²) in [5.41, 5.74) is 0. The van der Waals surface area contributed by atoms with Gasteiger partial charge in [0.15, 0.2) is 0 Å². The van der Waals surface area contributed by atoms with Crippen LogP contribution in [0, 0.1) is 11.8 Å². The van der Waals surface area contributed by atoms with Crippen molar-refractivity contribution in [2.45, 2.75) is 6.04 Å². The molecule has 3 atom stereocenters. The lowest BCUT2D eigenvalue weighted by atomic mass is 9.84. The smallest absolute Gasteiger partial charge is 0.137 e. The van der Waals surface area contributed by atoms with Crippen LogP contribution in [-0.4, -0.2) is 18.9 Å². The average molecular weight is 175 g/mol. The monoisotopic (exact) mass is 175 g/mol. The van der Waals surface area contributed by atoms with Crippen LogP contribution in [0.1, 0.15) is 0 Å². The molecule has 13 heavy (non-hydrogen) atoms. The second-order valence-electron chi connectivity index (χ2n) is 3.42. The molecular weight excluding hydrogens is 162 g/mol. The molecule has 0 amide bonds. The van der Waals surface area contributed by atoms with Gasteiger partial charge in [0.1, 0.15) is 6.29 Å². The lowest BCUT2D eigenvalue weighted by molar-refractivity contribution is -0.110. The topological polar surface area (TPSA) is 29.1 Å². The standard InChI is InChI=1S/C11H13NO/c13-8-11-10-6-2-1-4-9(10)5-3-7-12-11/h1-6,8-12H,7H2. The van der Waals surface area contributed by atoms with Crippen LogP contribution in [0.2, 0.25) is 0 Å². The number of hydrogen-bond acceptors (Lipinski definition) is 2. The van der Waals surface area contributed by atoms with E-state index in [-0.39, 0.29) is 6.04 Å². The second-order valence-corrected chi connectivity index (χ2v) is 3.42. The number of carbonyl (C=O) groups is 1. The first-order chi connectivity index (χ1) is 6.42. The minimum absolute atomic E-state index is 0.0406. The molecule has 0 saturated heterocycles. The van der Waals surface area contributed by atoms with Crippen LogP contribution in [0.4, 0.5) is 0 Å². The van der Waals surface area contributed by atoms with Crippen molar-refractivity contribution >= 4 is 6.29 Å². The minimum Gasteiger partial charge on any atom is -0.304 e. The Bertz CT molecular complexity index is 278. The summed E-state index contributed by atoms with van der Waals surface area (Å²) in [7, 11) is 0. The Balaban J connectivity index is 2.24. The maximum absolute atomic E-state index is 10.8. The molecule has 2 aliphatic rings. The Morgan fingerprint density at radius 1 is 1.23 bits per heavy atom. The Morgan fingerprint density at radius 3 is 2.92 bits per heavy atom. The van der Waals surface area contributed by atoms with Gasteiger partial charge in [-0.25, -0.2) is 0 Å². The van der Waals surface area contributed by atoms with E-state index in [1.807, 2.05) is 12.2 Å². The van der Waals surface area contributed by atoms with E-state index in [2.05, 4.69) is 29.6 Å². The van der Waals surface area contributed by atoms with Gasteiger partial charge in [-0.3, -0.25) is 0 Å². The van der Waals surface area contributed by atoms with E-state index >= 15 is 0 Å². The highest BCUT2D eigenvalue weighted by atomic mass is 16.1. The molecule has 0 aromatic heterocycles. The summed E-state index contributed by atoms with van der Waals surface area (Å²) < 4.78 is 0. The van der Waals surface area contributed by atoms with Gasteiger partial charge in [-0.2, -0.15) is 0 Å². The van der Waals surface area contributed by atoms with Crippen molar-refractivity contribution in [1.29, 1.82) is 0 Å². The third kappa shape index (κ3) is 1.63. The summed E-state index contributed by atoms with van der Waals surface area (Å²) in [6.07, 6.45) is 13.6. The normalized spacial score (nSPS) is 36.8. The maximum atomic E-state index is 10.8. The van der Waals surface area contributed by atoms with Crippen LogP contribution in [-0.2, 0) is 4.79 Å². The van der Waals surface area contributed by atoms with Gasteiger partial charge in [0.25, 0.3) is 0 Å². The van der Waals surface area contributed by atoms with Crippen LogP contribution in [0.5, 0.6) is 0 Å². The number of rotatable bonds is 1. The second kappa shape index (κ2) is 3.71. The van der Waals surface area contributed by atoms with Crippen LogP contribution in [0.25, 0.3) is 0 Å². The van der Waals surface area contributed by atoms with Crippen LogP contribution in [0.3, 0.4) is 0 Å². The molecule has 0 spiro atoms. The fraction of sp³-hybridized carbons (Fsp3) is 0.364. The van der Waals surface area contributed by atoms with Gasteiger partial charge in [-0.1, -0.05) is 36.5 Å². The molecule has 0 fully saturated rings. The molecular formula is C11H13NO. The van der Waals surface area contributed by atoms with Gasteiger partial charge in [-0.15, -0.1) is 0 Å². The van der Waals surface area contributed by atoms with Gasteiger partial charge in [0, 0.05) is 18.4 Å². The zero-order valence-corrected chi connectivity index (χ0v) is 7.39. The van der Waals surface area contributed by atoms with Crippen molar-refractivity contribution in [3.63, 3.8) is 0 Å². The fourth-order valence-corrected chi connectivity index (χ4v) is 1.90. The first-order valence-corrected chi connectivity index (χ1v) is 4.62. The molecule has 2 nitrogen and oxygen atoms in total. The minimum atomic E-state index is -0.0406. The molecule has 0 bridgehead atoms. The summed E-state index contributed by atoms with van der Waals surface area (Å²) in [6, 6.07) is -0.0406. The van der Waals surface area contributed by atoms with Crippen molar-refractivity contribution < 1.29 is 4.79 Å². The molecule has 2 heteroatoms. The van der Waals surface area contributed by atoms with Gasteiger partial charge >= 0.3 is 0 Å². The molecule has 0 saturated carbocycles. The fourth-order valence-electron chi connectivity index (χ4n) is 1.90. The molecule has 1 heterocycles. The SMILES string of the molecule is O=CC1NCC=CC2C=CC=CC21. The van der Waals surface area contributed by atoms with E-state index in [0.29, 0.717) is 11.8 Å². The summed E-state index contributed by atoms with van der Waals surface area (Å²) >= 11 is 0. The summed E-state index contributed by atoms with van der Waals surface area (Å²) in [6.45, 7) is 0.790.